The first-order chi connectivity index (χ1) is 9.40. The number of hydrogen-bond acceptors (Lipinski definition) is 3. The molecule has 1 aromatic carbocycles. The molecule has 2 rings (SSSR count). The van der Waals surface area contributed by atoms with Crippen molar-refractivity contribution in [1.29, 1.82) is 0 Å². The van der Waals surface area contributed by atoms with E-state index in [1.165, 1.54) is 4.90 Å². The number of halogens is 1. The molecule has 20 heavy (non-hydrogen) atoms. The maximum Gasteiger partial charge on any atom is 0.411 e. The Morgan fingerprint density at radius 1 is 1.40 bits per heavy atom. The van der Waals surface area contributed by atoms with E-state index < -0.39 is 24.2 Å². The van der Waals surface area contributed by atoms with E-state index in [-0.39, 0.29) is 12.5 Å². The molecule has 1 heterocycles. The number of rotatable bonds is 4. The highest BCUT2D eigenvalue weighted by molar-refractivity contribution is 9.10. The minimum atomic E-state index is -1.04. The summed E-state index contributed by atoms with van der Waals surface area (Å²) in [5, 5.41) is 9.36. The number of carboxylic acids is 1. The van der Waals surface area contributed by atoms with Gasteiger partial charge in [0.05, 0.1) is 6.54 Å². The summed E-state index contributed by atoms with van der Waals surface area (Å²) in [6, 6.07) is 6.46. The van der Waals surface area contributed by atoms with Crippen LogP contribution in [0.15, 0.2) is 28.7 Å². The molecule has 1 N–H and O–H groups in total. The van der Waals surface area contributed by atoms with Crippen LogP contribution in [0.1, 0.15) is 19.4 Å². The van der Waals surface area contributed by atoms with E-state index in [9.17, 15) is 14.7 Å². The lowest BCUT2D eigenvalue weighted by Gasteiger charge is -2.22. The van der Waals surface area contributed by atoms with E-state index in [1.807, 2.05) is 38.1 Å². The zero-order chi connectivity index (χ0) is 14.9. The standard InChI is InChI=1S/C14H16BrNO4/c1-8(2)12-11(13(17)18)16(14(19)20-12)7-9-3-5-10(15)6-4-9/h3-6,8,11-12H,7H2,1-2H3,(H,17,18)/t11-,12+/m1/s1. The van der Waals surface area contributed by atoms with Crippen LogP contribution in [0.3, 0.4) is 0 Å². The Morgan fingerprint density at radius 3 is 2.50 bits per heavy atom. The molecule has 0 bridgehead atoms. The molecule has 5 nitrogen and oxygen atoms in total. The van der Waals surface area contributed by atoms with Crippen LogP contribution in [-0.4, -0.2) is 34.2 Å². The number of carbonyl (C=O) groups is 2. The molecular formula is C14H16BrNO4. The third kappa shape index (κ3) is 2.95. The van der Waals surface area contributed by atoms with Gasteiger partial charge < -0.3 is 9.84 Å². The lowest BCUT2D eigenvalue weighted by molar-refractivity contribution is -0.143. The quantitative estimate of drug-likeness (QED) is 0.914. The van der Waals surface area contributed by atoms with Gasteiger partial charge in [0.15, 0.2) is 6.04 Å². The minimum Gasteiger partial charge on any atom is -0.480 e. The Balaban J connectivity index is 2.22. The van der Waals surface area contributed by atoms with Gasteiger partial charge in [-0.05, 0) is 23.6 Å². The first kappa shape index (κ1) is 14.8. The van der Waals surface area contributed by atoms with Crippen LogP contribution in [-0.2, 0) is 16.1 Å². The summed E-state index contributed by atoms with van der Waals surface area (Å²) in [4.78, 5) is 24.6. The topological polar surface area (TPSA) is 66.8 Å². The molecule has 6 heteroatoms. The SMILES string of the molecule is CC(C)[C@@H]1OC(=O)N(Cc2ccc(Br)cc2)[C@H]1C(=O)O. The van der Waals surface area contributed by atoms with Crippen LogP contribution in [0.25, 0.3) is 0 Å². The van der Waals surface area contributed by atoms with Crippen molar-refractivity contribution in [1.82, 2.24) is 4.90 Å². The predicted octanol–water partition coefficient (Wildman–Crippen LogP) is 2.88. The maximum atomic E-state index is 11.9. The second kappa shape index (κ2) is 5.83. The van der Waals surface area contributed by atoms with Crippen molar-refractivity contribution in [2.24, 2.45) is 5.92 Å². The predicted molar refractivity (Wildman–Crippen MR) is 76.2 cm³/mol. The molecule has 0 spiro atoms. The Kier molecular flexibility index (Phi) is 4.32. The van der Waals surface area contributed by atoms with Crippen molar-refractivity contribution in [3.05, 3.63) is 34.3 Å². The van der Waals surface area contributed by atoms with Crippen molar-refractivity contribution in [2.45, 2.75) is 32.5 Å². The van der Waals surface area contributed by atoms with Gasteiger partial charge in [0.25, 0.3) is 0 Å². The molecule has 0 unspecified atom stereocenters. The summed E-state index contributed by atoms with van der Waals surface area (Å²) in [6.45, 7) is 3.92. The average molecular weight is 342 g/mol. The lowest BCUT2D eigenvalue weighted by Crippen LogP contribution is -2.44. The summed E-state index contributed by atoms with van der Waals surface area (Å²) in [6.07, 6.45) is -1.19. The van der Waals surface area contributed by atoms with Gasteiger partial charge in [-0.2, -0.15) is 0 Å². The largest absolute Gasteiger partial charge is 0.480 e. The smallest absolute Gasteiger partial charge is 0.411 e. The summed E-state index contributed by atoms with van der Waals surface area (Å²) >= 11 is 3.33. The summed E-state index contributed by atoms with van der Waals surface area (Å²) in [7, 11) is 0. The van der Waals surface area contributed by atoms with Gasteiger partial charge in [0.1, 0.15) is 6.10 Å². The Labute approximate surface area is 125 Å². The third-order valence-electron chi connectivity index (χ3n) is 3.29. The number of ether oxygens (including phenoxy) is 1. The van der Waals surface area contributed by atoms with Crippen LogP contribution in [0.2, 0.25) is 0 Å². The van der Waals surface area contributed by atoms with Gasteiger partial charge in [-0.15, -0.1) is 0 Å². The number of carboxylic acid groups (broad SMARTS) is 1. The number of nitrogens with zero attached hydrogens (tertiary/aromatic N) is 1. The molecule has 1 saturated heterocycles. The van der Waals surface area contributed by atoms with E-state index in [0.29, 0.717) is 0 Å². The van der Waals surface area contributed by atoms with Crippen molar-refractivity contribution >= 4 is 28.0 Å². The number of benzene rings is 1. The first-order valence-electron chi connectivity index (χ1n) is 6.34. The zero-order valence-electron chi connectivity index (χ0n) is 11.2. The fourth-order valence-electron chi connectivity index (χ4n) is 2.26. The van der Waals surface area contributed by atoms with Gasteiger partial charge in [-0.3, -0.25) is 4.90 Å². The summed E-state index contributed by atoms with van der Waals surface area (Å²) in [5.74, 6) is -1.08. The molecule has 1 aromatic rings. The summed E-state index contributed by atoms with van der Waals surface area (Å²) in [5.41, 5.74) is 0.862. The van der Waals surface area contributed by atoms with Crippen molar-refractivity contribution < 1.29 is 19.4 Å². The molecule has 1 aliphatic heterocycles. The minimum absolute atomic E-state index is 0.0463. The highest BCUT2D eigenvalue weighted by atomic mass is 79.9. The molecule has 0 saturated carbocycles. The number of cyclic esters (lactones) is 1. The van der Waals surface area contributed by atoms with Crippen LogP contribution in [0.5, 0.6) is 0 Å². The molecule has 0 aromatic heterocycles. The van der Waals surface area contributed by atoms with Crippen LogP contribution in [0, 0.1) is 5.92 Å². The fourth-order valence-corrected chi connectivity index (χ4v) is 2.53. The van der Waals surface area contributed by atoms with E-state index in [1.54, 1.807) is 0 Å². The van der Waals surface area contributed by atoms with E-state index in [0.717, 1.165) is 10.0 Å². The molecule has 0 aliphatic carbocycles. The highest BCUT2D eigenvalue weighted by Crippen LogP contribution is 2.27. The fraction of sp³-hybridized carbons (Fsp3) is 0.429. The molecule has 0 radical (unpaired) electrons. The van der Waals surface area contributed by atoms with Crippen molar-refractivity contribution in [3.63, 3.8) is 0 Å². The normalized spacial score (nSPS) is 22.2. The second-order valence-electron chi connectivity index (χ2n) is 5.13. The zero-order valence-corrected chi connectivity index (χ0v) is 12.8. The van der Waals surface area contributed by atoms with Gasteiger partial charge in [0, 0.05) is 4.47 Å². The van der Waals surface area contributed by atoms with Crippen molar-refractivity contribution in [2.75, 3.05) is 0 Å². The van der Waals surface area contributed by atoms with Gasteiger partial charge in [0.2, 0.25) is 0 Å². The number of aliphatic carboxylic acids is 1. The molecule has 1 fully saturated rings. The van der Waals surface area contributed by atoms with E-state index in [4.69, 9.17) is 4.74 Å². The Morgan fingerprint density at radius 2 is 2.00 bits per heavy atom. The maximum absolute atomic E-state index is 11.9. The number of carbonyl (C=O) groups excluding carboxylic acids is 1. The first-order valence-corrected chi connectivity index (χ1v) is 7.14. The Bertz CT molecular complexity index is 514. The van der Waals surface area contributed by atoms with E-state index in [2.05, 4.69) is 15.9 Å². The Hall–Kier alpha value is -1.56. The monoisotopic (exact) mass is 341 g/mol. The average Bonchev–Trinajstić information content (AvgIpc) is 2.70. The molecule has 108 valence electrons. The van der Waals surface area contributed by atoms with Crippen LogP contribution >= 0.6 is 15.9 Å². The van der Waals surface area contributed by atoms with Crippen LogP contribution < -0.4 is 0 Å². The molecule has 1 aliphatic rings. The van der Waals surface area contributed by atoms with Gasteiger partial charge in [-0.1, -0.05) is 41.9 Å². The molecule has 1 amide bonds. The van der Waals surface area contributed by atoms with Crippen LogP contribution in [0.4, 0.5) is 4.79 Å². The number of amides is 1. The van der Waals surface area contributed by atoms with Gasteiger partial charge >= 0.3 is 12.1 Å². The molecular weight excluding hydrogens is 326 g/mol. The third-order valence-corrected chi connectivity index (χ3v) is 3.82. The lowest BCUT2D eigenvalue weighted by atomic mass is 9.99. The van der Waals surface area contributed by atoms with Gasteiger partial charge in [-0.25, -0.2) is 9.59 Å². The summed E-state index contributed by atoms with van der Waals surface area (Å²) < 4.78 is 6.13. The highest BCUT2D eigenvalue weighted by Gasteiger charge is 2.47. The van der Waals surface area contributed by atoms with Crippen molar-refractivity contribution in [3.8, 4) is 0 Å². The second-order valence-corrected chi connectivity index (χ2v) is 6.05. The number of hydrogen-bond donors (Lipinski definition) is 1. The van der Waals surface area contributed by atoms with E-state index >= 15 is 0 Å². The molecule has 2 atom stereocenters.